The highest BCUT2D eigenvalue weighted by Gasteiger charge is 2.46. The molecule has 130 valence electrons. The van der Waals surface area contributed by atoms with Crippen molar-refractivity contribution in [2.24, 2.45) is 5.92 Å². The van der Waals surface area contributed by atoms with Crippen LogP contribution < -0.4 is 4.74 Å². The molecule has 3 aliphatic rings. The molecule has 2 bridgehead atoms. The topological polar surface area (TPSA) is 38.8 Å². The molecular formula is C20H27NO3. The van der Waals surface area contributed by atoms with Crippen LogP contribution in [0.1, 0.15) is 56.6 Å². The van der Waals surface area contributed by atoms with Crippen molar-refractivity contribution in [2.75, 3.05) is 13.7 Å². The molecule has 0 aliphatic carbocycles. The molecule has 0 aromatic heterocycles. The molecule has 1 aromatic rings. The third kappa shape index (κ3) is 2.92. The van der Waals surface area contributed by atoms with E-state index in [9.17, 15) is 4.79 Å². The maximum atomic E-state index is 13.3. The lowest BCUT2D eigenvalue weighted by Gasteiger charge is -2.34. The van der Waals surface area contributed by atoms with Gasteiger partial charge in [-0.15, -0.1) is 0 Å². The van der Waals surface area contributed by atoms with Crippen LogP contribution in [0.3, 0.4) is 0 Å². The van der Waals surface area contributed by atoms with Crippen molar-refractivity contribution < 1.29 is 14.3 Å². The SMILES string of the molecule is COc1ccc([C@H]2CCCCCN2C(=O)[C@@H]2C[C@H]3CC[C@H]2O3)cc1. The van der Waals surface area contributed by atoms with Crippen LogP contribution in [-0.2, 0) is 9.53 Å². The molecule has 4 atom stereocenters. The fraction of sp³-hybridized carbons (Fsp3) is 0.650. The van der Waals surface area contributed by atoms with Crippen LogP contribution in [0.5, 0.6) is 5.75 Å². The van der Waals surface area contributed by atoms with E-state index in [1.165, 1.54) is 18.4 Å². The Morgan fingerprint density at radius 2 is 1.96 bits per heavy atom. The van der Waals surface area contributed by atoms with Crippen LogP contribution in [0.15, 0.2) is 24.3 Å². The zero-order chi connectivity index (χ0) is 16.5. The Balaban J connectivity index is 1.56. The van der Waals surface area contributed by atoms with Crippen LogP contribution in [0.25, 0.3) is 0 Å². The fourth-order valence-corrected chi connectivity index (χ4v) is 4.66. The van der Waals surface area contributed by atoms with Crippen molar-refractivity contribution in [2.45, 2.75) is 63.2 Å². The molecule has 0 N–H and O–H groups in total. The monoisotopic (exact) mass is 329 g/mol. The second-order valence-electron chi connectivity index (χ2n) is 7.39. The molecule has 4 nitrogen and oxygen atoms in total. The predicted octanol–water partition coefficient (Wildman–Crippen LogP) is 3.71. The number of amides is 1. The predicted molar refractivity (Wildman–Crippen MR) is 91.9 cm³/mol. The first-order chi connectivity index (χ1) is 11.8. The number of ether oxygens (including phenoxy) is 2. The number of carbonyl (C=O) groups excluding carboxylic acids is 1. The van der Waals surface area contributed by atoms with Gasteiger partial charge < -0.3 is 14.4 Å². The Bertz CT molecular complexity index is 585. The van der Waals surface area contributed by atoms with Crippen LogP contribution in [0.2, 0.25) is 0 Å². The summed E-state index contributed by atoms with van der Waals surface area (Å²) in [6.45, 7) is 0.878. The third-order valence-corrected chi connectivity index (χ3v) is 5.96. The summed E-state index contributed by atoms with van der Waals surface area (Å²) in [5, 5.41) is 0. The highest BCUT2D eigenvalue weighted by atomic mass is 16.5. The number of benzene rings is 1. The van der Waals surface area contributed by atoms with Gasteiger partial charge in [0.2, 0.25) is 5.91 Å². The summed E-state index contributed by atoms with van der Waals surface area (Å²) in [4.78, 5) is 15.4. The number of hydrogen-bond acceptors (Lipinski definition) is 3. The summed E-state index contributed by atoms with van der Waals surface area (Å²) in [6.07, 6.45) is 8.18. The Hall–Kier alpha value is -1.55. The highest BCUT2D eigenvalue weighted by molar-refractivity contribution is 5.80. The number of likely N-dealkylation sites (tertiary alicyclic amines) is 1. The number of fused-ring (bicyclic) bond motifs is 2. The number of carbonyl (C=O) groups is 1. The summed E-state index contributed by atoms with van der Waals surface area (Å²) in [5.41, 5.74) is 1.23. The standard InChI is InChI=1S/C20H27NO3/c1-23-15-8-6-14(7-9-15)18-5-3-2-4-12-21(18)20(22)17-13-16-10-11-19(17)24-16/h6-9,16-19H,2-5,10-13H2,1H3/t16-,17-,18-,19-/m1/s1. The summed E-state index contributed by atoms with van der Waals surface area (Å²) in [7, 11) is 1.69. The summed E-state index contributed by atoms with van der Waals surface area (Å²) < 4.78 is 11.2. The number of nitrogens with zero attached hydrogens (tertiary/aromatic N) is 1. The van der Waals surface area contributed by atoms with Crippen LogP contribution in [0.4, 0.5) is 0 Å². The molecular weight excluding hydrogens is 302 g/mol. The quantitative estimate of drug-likeness (QED) is 0.848. The van der Waals surface area contributed by atoms with E-state index < -0.39 is 0 Å². The van der Waals surface area contributed by atoms with Gasteiger partial charge in [-0.3, -0.25) is 4.79 Å². The Kier molecular flexibility index (Phi) is 4.49. The lowest BCUT2D eigenvalue weighted by Crippen LogP contribution is -2.42. The normalized spacial score (nSPS) is 32.6. The van der Waals surface area contributed by atoms with Crippen molar-refractivity contribution in [3.8, 4) is 5.75 Å². The van der Waals surface area contributed by atoms with Gasteiger partial charge in [-0.25, -0.2) is 0 Å². The van der Waals surface area contributed by atoms with Crippen molar-refractivity contribution in [1.29, 1.82) is 0 Å². The minimum Gasteiger partial charge on any atom is -0.497 e. The average Bonchev–Trinajstić information content (AvgIpc) is 3.17. The molecule has 3 heterocycles. The average molecular weight is 329 g/mol. The van der Waals surface area contributed by atoms with Gasteiger partial charge in [-0.05, 0) is 49.8 Å². The molecule has 24 heavy (non-hydrogen) atoms. The van der Waals surface area contributed by atoms with E-state index in [-0.39, 0.29) is 18.1 Å². The minimum atomic E-state index is 0.0857. The van der Waals surface area contributed by atoms with Gasteiger partial charge in [0, 0.05) is 6.54 Å². The van der Waals surface area contributed by atoms with E-state index in [2.05, 4.69) is 17.0 Å². The zero-order valence-corrected chi connectivity index (χ0v) is 14.4. The molecule has 1 aromatic carbocycles. The smallest absolute Gasteiger partial charge is 0.228 e. The Morgan fingerprint density at radius 1 is 1.12 bits per heavy atom. The van der Waals surface area contributed by atoms with E-state index in [0.717, 1.165) is 44.4 Å². The van der Waals surface area contributed by atoms with Crippen LogP contribution >= 0.6 is 0 Å². The van der Waals surface area contributed by atoms with Gasteiger partial charge in [0.1, 0.15) is 5.75 Å². The molecule has 4 heteroatoms. The minimum absolute atomic E-state index is 0.0857. The van der Waals surface area contributed by atoms with Crippen molar-refractivity contribution in [3.05, 3.63) is 29.8 Å². The summed E-state index contributed by atoms with van der Waals surface area (Å²) >= 11 is 0. The fourth-order valence-electron chi connectivity index (χ4n) is 4.66. The Labute approximate surface area is 144 Å². The van der Waals surface area contributed by atoms with Crippen molar-refractivity contribution in [1.82, 2.24) is 4.90 Å². The van der Waals surface area contributed by atoms with Gasteiger partial charge >= 0.3 is 0 Å². The maximum Gasteiger partial charge on any atom is 0.228 e. The van der Waals surface area contributed by atoms with E-state index in [4.69, 9.17) is 9.47 Å². The summed E-state index contributed by atoms with van der Waals surface area (Å²) in [5.74, 6) is 1.28. The number of methoxy groups -OCH3 is 1. The molecule has 3 saturated heterocycles. The first-order valence-electron chi connectivity index (χ1n) is 9.36. The van der Waals surface area contributed by atoms with Gasteiger partial charge in [0.15, 0.2) is 0 Å². The van der Waals surface area contributed by atoms with E-state index in [0.29, 0.717) is 12.0 Å². The first-order valence-corrected chi connectivity index (χ1v) is 9.36. The van der Waals surface area contributed by atoms with Crippen molar-refractivity contribution in [3.63, 3.8) is 0 Å². The molecule has 3 fully saturated rings. The molecule has 0 radical (unpaired) electrons. The van der Waals surface area contributed by atoms with Gasteiger partial charge in [0.25, 0.3) is 0 Å². The summed E-state index contributed by atoms with van der Waals surface area (Å²) in [6, 6.07) is 8.44. The van der Waals surface area contributed by atoms with Gasteiger partial charge in [-0.2, -0.15) is 0 Å². The lowest BCUT2D eigenvalue weighted by molar-refractivity contribution is -0.139. The third-order valence-electron chi connectivity index (χ3n) is 5.96. The second-order valence-corrected chi connectivity index (χ2v) is 7.39. The highest BCUT2D eigenvalue weighted by Crippen LogP contribution is 2.41. The maximum absolute atomic E-state index is 13.3. The number of rotatable bonds is 3. The van der Waals surface area contributed by atoms with E-state index >= 15 is 0 Å². The van der Waals surface area contributed by atoms with E-state index in [1.54, 1.807) is 7.11 Å². The number of hydrogen-bond donors (Lipinski definition) is 0. The van der Waals surface area contributed by atoms with Crippen LogP contribution in [0, 0.1) is 5.92 Å². The van der Waals surface area contributed by atoms with Gasteiger partial charge in [-0.1, -0.05) is 25.0 Å². The first kappa shape index (κ1) is 15.9. The van der Waals surface area contributed by atoms with Crippen LogP contribution in [-0.4, -0.2) is 36.7 Å². The molecule has 0 spiro atoms. The molecule has 1 amide bonds. The van der Waals surface area contributed by atoms with E-state index in [1.807, 2.05) is 12.1 Å². The largest absolute Gasteiger partial charge is 0.497 e. The van der Waals surface area contributed by atoms with Gasteiger partial charge in [0.05, 0.1) is 31.3 Å². The lowest BCUT2D eigenvalue weighted by atomic mass is 9.87. The van der Waals surface area contributed by atoms with Crippen molar-refractivity contribution >= 4 is 5.91 Å². The second kappa shape index (κ2) is 6.75. The zero-order valence-electron chi connectivity index (χ0n) is 14.4. The molecule has 0 unspecified atom stereocenters. The molecule has 3 aliphatic heterocycles. The molecule has 0 saturated carbocycles. The molecule has 4 rings (SSSR count). The Morgan fingerprint density at radius 3 is 2.62 bits per heavy atom.